The first kappa shape index (κ1) is 27.4. The lowest BCUT2D eigenvalue weighted by Gasteiger charge is -2.34. The number of aromatic nitrogens is 1. The lowest BCUT2D eigenvalue weighted by atomic mass is 9.94. The quantitative estimate of drug-likeness (QED) is 0.264. The van der Waals surface area contributed by atoms with E-state index in [0.717, 1.165) is 23.8 Å². The predicted octanol–water partition coefficient (Wildman–Crippen LogP) is 6.42. The molecule has 1 fully saturated rings. The minimum Gasteiger partial charge on any atom is -0.467 e. The number of anilines is 1. The first-order valence-electron chi connectivity index (χ1n) is 12.3. The maximum atomic E-state index is 13.6. The van der Waals surface area contributed by atoms with Crippen LogP contribution in [0.2, 0.25) is 0 Å². The summed E-state index contributed by atoms with van der Waals surface area (Å²) in [5.74, 6) is 0.340. The fraction of sp³-hybridized carbons (Fsp3) is 0.333. The minimum absolute atomic E-state index is 0.0658. The number of hydrogen-bond donors (Lipinski definition) is 0. The summed E-state index contributed by atoms with van der Waals surface area (Å²) in [6.45, 7) is 4.83. The summed E-state index contributed by atoms with van der Waals surface area (Å²) < 4.78 is 74.4. The Labute approximate surface area is 227 Å². The summed E-state index contributed by atoms with van der Waals surface area (Å²) in [5.41, 5.74) is -0.964. The summed E-state index contributed by atoms with van der Waals surface area (Å²) >= 11 is 0.957. The fourth-order valence-corrected chi connectivity index (χ4v) is 7.61. The molecule has 0 radical (unpaired) electrons. The third-order valence-corrected chi connectivity index (χ3v) is 9.55. The molecule has 2 aromatic carbocycles. The number of piperidine rings is 1. The standard InChI is InChI=1S/C27H26F3N3O4S2/c1-17-13-18(2)15-32(14-17)39(35,36)21-10-8-19(9-11-21)25(34)33(16-20-5-4-12-37-20)26-31-24-22(27(28,29)30)6-3-7-23(24)38-26/h3-12,17-18H,13-16H2,1-2H3. The molecular weight excluding hydrogens is 551 g/mol. The molecule has 1 saturated heterocycles. The highest BCUT2D eigenvalue weighted by Crippen LogP contribution is 2.39. The summed E-state index contributed by atoms with van der Waals surface area (Å²) in [4.78, 5) is 19.2. The van der Waals surface area contributed by atoms with E-state index in [-0.39, 0.29) is 44.2 Å². The van der Waals surface area contributed by atoms with Gasteiger partial charge in [0.15, 0.2) is 5.13 Å². The number of sulfonamides is 1. The predicted molar refractivity (Wildman–Crippen MR) is 142 cm³/mol. The van der Waals surface area contributed by atoms with Crippen LogP contribution in [0, 0.1) is 11.8 Å². The molecule has 7 nitrogen and oxygen atoms in total. The van der Waals surface area contributed by atoms with Gasteiger partial charge in [0, 0.05) is 18.7 Å². The van der Waals surface area contributed by atoms with Crippen LogP contribution < -0.4 is 4.90 Å². The van der Waals surface area contributed by atoms with Crippen molar-refractivity contribution in [3.05, 3.63) is 77.7 Å². The number of amides is 1. The first-order chi connectivity index (χ1) is 18.4. The van der Waals surface area contributed by atoms with Gasteiger partial charge in [0.05, 0.1) is 33.5 Å². The number of nitrogens with zero attached hydrogens (tertiary/aromatic N) is 3. The van der Waals surface area contributed by atoms with E-state index in [1.54, 1.807) is 12.1 Å². The summed E-state index contributed by atoms with van der Waals surface area (Å²) in [5, 5.41) is 0.0658. The number of furan rings is 1. The van der Waals surface area contributed by atoms with Crippen LogP contribution in [-0.4, -0.2) is 36.7 Å². The number of alkyl halides is 3. The van der Waals surface area contributed by atoms with Gasteiger partial charge in [-0.05, 0) is 66.8 Å². The highest BCUT2D eigenvalue weighted by molar-refractivity contribution is 7.89. The van der Waals surface area contributed by atoms with Crippen molar-refractivity contribution in [3.63, 3.8) is 0 Å². The number of carbonyl (C=O) groups excluding carboxylic acids is 1. The van der Waals surface area contributed by atoms with Crippen LogP contribution in [0.15, 0.2) is 70.2 Å². The molecule has 4 aromatic rings. The molecule has 5 rings (SSSR count). The third-order valence-electron chi connectivity index (χ3n) is 6.66. The Bertz CT molecular complexity index is 1570. The van der Waals surface area contributed by atoms with Crippen LogP contribution in [0.4, 0.5) is 18.3 Å². The van der Waals surface area contributed by atoms with Crippen molar-refractivity contribution in [2.24, 2.45) is 11.8 Å². The molecule has 0 bridgehead atoms. The minimum atomic E-state index is -4.61. The molecule has 3 heterocycles. The van der Waals surface area contributed by atoms with Crippen LogP contribution in [0.1, 0.15) is 41.9 Å². The fourth-order valence-electron chi connectivity index (χ4n) is 4.94. The zero-order chi connectivity index (χ0) is 27.9. The average Bonchev–Trinajstić information content (AvgIpc) is 3.55. The van der Waals surface area contributed by atoms with Gasteiger partial charge in [-0.2, -0.15) is 17.5 Å². The highest BCUT2D eigenvalue weighted by atomic mass is 32.2. The molecule has 2 atom stereocenters. The lowest BCUT2D eigenvalue weighted by molar-refractivity contribution is -0.136. The molecule has 1 aliphatic heterocycles. The van der Waals surface area contributed by atoms with Crippen LogP contribution in [0.25, 0.3) is 10.2 Å². The van der Waals surface area contributed by atoms with Crippen molar-refractivity contribution < 1.29 is 30.8 Å². The summed E-state index contributed by atoms with van der Waals surface area (Å²) in [6, 6.07) is 12.7. The molecule has 2 aromatic heterocycles. The Morgan fingerprint density at radius 3 is 2.38 bits per heavy atom. The first-order valence-corrected chi connectivity index (χ1v) is 14.6. The van der Waals surface area contributed by atoms with Gasteiger partial charge in [-0.1, -0.05) is 31.3 Å². The van der Waals surface area contributed by atoms with Crippen molar-refractivity contribution in [2.45, 2.75) is 37.9 Å². The summed E-state index contributed by atoms with van der Waals surface area (Å²) in [7, 11) is -3.74. The van der Waals surface area contributed by atoms with Crippen molar-refractivity contribution >= 4 is 42.6 Å². The Morgan fingerprint density at radius 2 is 1.77 bits per heavy atom. The Kier molecular flexibility index (Phi) is 7.29. The van der Waals surface area contributed by atoms with Crippen LogP contribution >= 0.6 is 11.3 Å². The molecule has 1 amide bonds. The molecule has 39 heavy (non-hydrogen) atoms. The number of thiazole rings is 1. The van der Waals surface area contributed by atoms with E-state index in [1.165, 1.54) is 51.9 Å². The highest BCUT2D eigenvalue weighted by Gasteiger charge is 2.35. The number of rotatable bonds is 6. The monoisotopic (exact) mass is 577 g/mol. The number of fused-ring (bicyclic) bond motifs is 1. The average molecular weight is 578 g/mol. The number of benzene rings is 2. The SMILES string of the molecule is CC1CC(C)CN(S(=O)(=O)c2ccc(C(=O)N(Cc3ccco3)c3nc4c(C(F)(F)F)cccc4s3)cc2)C1. The van der Waals surface area contributed by atoms with Gasteiger partial charge in [0.2, 0.25) is 10.0 Å². The van der Waals surface area contributed by atoms with E-state index in [2.05, 4.69) is 4.98 Å². The van der Waals surface area contributed by atoms with Crippen molar-refractivity contribution in [2.75, 3.05) is 18.0 Å². The molecule has 0 aliphatic carbocycles. The second-order valence-electron chi connectivity index (χ2n) is 9.91. The topological polar surface area (TPSA) is 83.7 Å². The van der Waals surface area contributed by atoms with Gasteiger partial charge in [0.1, 0.15) is 5.76 Å². The van der Waals surface area contributed by atoms with Crippen LogP contribution in [0.3, 0.4) is 0 Å². The normalized spacial score (nSPS) is 18.9. The van der Waals surface area contributed by atoms with Gasteiger partial charge in [0.25, 0.3) is 5.91 Å². The Balaban J connectivity index is 1.48. The van der Waals surface area contributed by atoms with Crippen molar-refractivity contribution in [3.8, 4) is 0 Å². The van der Waals surface area contributed by atoms with E-state index in [1.807, 2.05) is 13.8 Å². The maximum Gasteiger partial charge on any atom is 0.418 e. The van der Waals surface area contributed by atoms with Crippen LogP contribution in [-0.2, 0) is 22.7 Å². The second kappa shape index (κ2) is 10.4. The molecule has 0 N–H and O–H groups in total. The third kappa shape index (κ3) is 5.59. The Hall–Kier alpha value is -3.22. The van der Waals surface area contributed by atoms with E-state index < -0.39 is 27.7 Å². The van der Waals surface area contributed by atoms with E-state index in [4.69, 9.17) is 4.42 Å². The zero-order valence-corrected chi connectivity index (χ0v) is 22.8. The smallest absolute Gasteiger partial charge is 0.418 e. The Morgan fingerprint density at radius 1 is 1.08 bits per heavy atom. The molecule has 0 spiro atoms. The number of para-hydroxylation sites is 1. The van der Waals surface area contributed by atoms with E-state index in [0.29, 0.717) is 18.8 Å². The van der Waals surface area contributed by atoms with E-state index >= 15 is 0 Å². The van der Waals surface area contributed by atoms with Crippen LogP contribution in [0.5, 0.6) is 0 Å². The van der Waals surface area contributed by atoms with Gasteiger partial charge >= 0.3 is 6.18 Å². The molecule has 0 saturated carbocycles. The van der Waals surface area contributed by atoms with E-state index in [9.17, 15) is 26.4 Å². The molecule has 206 valence electrons. The van der Waals surface area contributed by atoms with Gasteiger partial charge in [-0.3, -0.25) is 9.69 Å². The second-order valence-corrected chi connectivity index (χ2v) is 12.9. The maximum absolute atomic E-state index is 13.6. The molecule has 2 unspecified atom stereocenters. The van der Waals surface area contributed by atoms with Gasteiger partial charge in [-0.15, -0.1) is 0 Å². The van der Waals surface area contributed by atoms with Gasteiger partial charge < -0.3 is 4.42 Å². The number of halogens is 3. The zero-order valence-electron chi connectivity index (χ0n) is 21.2. The van der Waals surface area contributed by atoms with Gasteiger partial charge in [-0.25, -0.2) is 13.4 Å². The summed E-state index contributed by atoms with van der Waals surface area (Å²) in [6.07, 6.45) is -2.22. The molecule has 1 aliphatic rings. The van der Waals surface area contributed by atoms with Crippen molar-refractivity contribution in [1.82, 2.24) is 9.29 Å². The number of hydrogen-bond acceptors (Lipinski definition) is 6. The molecule has 12 heteroatoms. The molecular formula is C27H26F3N3O4S2. The number of carbonyl (C=O) groups is 1. The lowest BCUT2D eigenvalue weighted by Crippen LogP contribution is -2.42. The van der Waals surface area contributed by atoms with Crippen molar-refractivity contribution in [1.29, 1.82) is 0 Å². The largest absolute Gasteiger partial charge is 0.467 e.